The maximum absolute atomic E-state index is 5.54. The van der Waals surface area contributed by atoms with E-state index in [2.05, 4.69) is 15.9 Å². The van der Waals surface area contributed by atoms with Gasteiger partial charge in [0.2, 0.25) is 0 Å². The molecule has 0 spiro atoms. The molecule has 0 fully saturated rings. The van der Waals surface area contributed by atoms with E-state index in [4.69, 9.17) is 14.2 Å². The van der Waals surface area contributed by atoms with E-state index in [-0.39, 0.29) is 6.29 Å². The maximum atomic E-state index is 5.54. The number of halogens is 1. The van der Waals surface area contributed by atoms with Gasteiger partial charge in [-0.3, -0.25) is 0 Å². The van der Waals surface area contributed by atoms with Crippen LogP contribution in [0.25, 0.3) is 0 Å². The van der Waals surface area contributed by atoms with Crippen molar-refractivity contribution in [2.24, 2.45) is 0 Å². The van der Waals surface area contributed by atoms with Crippen LogP contribution in [0.1, 0.15) is 25.7 Å². The molecule has 0 atom stereocenters. The van der Waals surface area contributed by atoms with Crippen molar-refractivity contribution in [1.82, 2.24) is 0 Å². The molecule has 3 nitrogen and oxygen atoms in total. The lowest BCUT2D eigenvalue weighted by atomic mass is 10.2. The number of benzene rings is 1. The lowest BCUT2D eigenvalue weighted by Gasteiger charge is -2.20. The molecule has 0 amide bonds. The summed E-state index contributed by atoms with van der Waals surface area (Å²) in [7, 11) is 1.64. The van der Waals surface area contributed by atoms with Crippen molar-refractivity contribution in [2.75, 3.05) is 20.3 Å². The molecule has 90 valence electrons. The standard InChI is InChI=1S/C12H17BrO3/c1-4-15-12(16-5-2)9-7-6-8-10(13)11(9)14-3/h6-8,12H,4-5H2,1-3H3. The van der Waals surface area contributed by atoms with Crippen LogP contribution in [0.4, 0.5) is 0 Å². The van der Waals surface area contributed by atoms with Crippen LogP contribution < -0.4 is 4.74 Å². The molecule has 0 aromatic heterocycles. The first-order valence-electron chi connectivity index (χ1n) is 5.30. The van der Waals surface area contributed by atoms with E-state index in [9.17, 15) is 0 Å². The van der Waals surface area contributed by atoms with Gasteiger partial charge in [0.05, 0.1) is 17.1 Å². The van der Waals surface area contributed by atoms with Gasteiger partial charge >= 0.3 is 0 Å². The molecule has 0 bridgehead atoms. The lowest BCUT2D eigenvalue weighted by Crippen LogP contribution is -2.10. The Morgan fingerprint density at radius 2 is 1.81 bits per heavy atom. The Hall–Kier alpha value is -0.580. The van der Waals surface area contributed by atoms with Crippen LogP contribution in [-0.2, 0) is 9.47 Å². The van der Waals surface area contributed by atoms with Gasteiger partial charge in [-0.05, 0) is 35.8 Å². The summed E-state index contributed by atoms with van der Waals surface area (Å²) in [4.78, 5) is 0. The molecule has 0 saturated carbocycles. The van der Waals surface area contributed by atoms with E-state index in [0.717, 1.165) is 15.8 Å². The fourth-order valence-corrected chi connectivity index (χ4v) is 2.00. The molecular weight excluding hydrogens is 272 g/mol. The molecule has 0 unspecified atom stereocenters. The molecule has 0 radical (unpaired) electrons. The van der Waals surface area contributed by atoms with Crippen LogP contribution >= 0.6 is 15.9 Å². The Labute approximate surface area is 105 Å². The van der Waals surface area contributed by atoms with Gasteiger partial charge in [-0.25, -0.2) is 0 Å². The minimum absolute atomic E-state index is 0.373. The van der Waals surface area contributed by atoms with Crippen LogP contribution in [0, 0.1) is 0 Å². The molecule has 1 rings (SSSR count). The predicted octanol–water partition coefficient (Wildman–Crippen LogP) is 3.53. The van der Waals surface area contributed by atoms with E-state index >= 15 is 0 Å². The molecule has 0 aliphatic carbocycles. The molecular formula is C12H17BrO3. The smallest absolute Gasteiger partial charge is 0.187 e. The quantitative estimate of drug-likeness (QED) is 0.750. The summed E-state index contributed by atoms with van der Waals surface area (Å²) in [5.41, 5.74) is 0.903. The monoisotopic (exact) mass is 288 g/mol. The average molecular weight is 289 g/mol. The number of methoxy groups -OCH3 is 1. The third-order valence-corrected chi connectivity index (χ3v) is 2.72. The van der Waals surface area contributed by atoms with Crippen molar-refractivity contribution in [2.45, 2.75) is 20.1 Å². The van der Waals surface area contributed by atoms with Crippen LogP contribution in [0.2, 0.25) is 0 Å². The van der Waals surface area contributed by atoms with Gasteiger partial charge in [0.15, 0.2) is 6.29 Å². The highest BCUT2D eigenvalue weighted by molar-refractivity contribution is 9.10. The summed E-state index contributed by atoms with van der Waals surface area (Å²) in [5, 5.41) is 0. The summed E-state index contributed by atoms with van der Waals surface area (Å²) in [6.07, 6.45) is -0.373. The first-order valence-corrected chi connectivity index (χ1v) is 6.09. The average Bonchev–Trinajstić information content (AvgIpc) is 2.28. The van der Waals surface area contributed by atoms with Gasteiger partial charge in [-0.2, -0.15) is 0 Å². The van der Waals surface area contributed by atoms with Crippen molar-refractivity contribution >= 4 is 15.9 Å². The third-order valence-electron chi connectivity index (χ3n) is 2.09. The molecule has 0 saturated heterocycles. The van der Waals surface area contributed by atoms with E-state index in [1.807, 2.05) is 32.0 Å². The van der Waals surface area contributed by atoms with Gasteiger partial charge < -0.3 is 14.2 Å². The largest absolute Gasteiger partial charge is 0.495 e. The van der Waals surface area contributed by atoms with E-state index in [1.54, 1.807) is 7.11 Å². The highest BCUT2D eigenvalue weighted by atomic mass is 79.9. The van der Waals surface area contributed by atoms with Gasteiger partial charge in [0.1, 0.15) is 5.75 Å². The number of rotatable bonds is 6. The zero-order chi connectivity index (χ0) is 12.0. The fourth-order valence-electron chi connectivity index (χ4n) is 1.46. The highest BCUT2D eigenvalue weighted by Gasteiger charge is 2.18. The van der Waals surface area contributed by atoms with Crippen molar-refractivity contribution in [3.63, 3.8) is 0 Å². The molecule has 0 aliphatic rings. The Balaban J connectivity index is 3.02. The summed E-state index contributed by atoms with van der Waals surface area (Å²) in [5.74, 6) is 0.759. The topological polar surface area (TPSA) is 27.7 Å². The number of para-hydroxylation sites is 1. The van der Waals surface area contributed by atoms with E-state index < -0.39 is 0 Å². The SMILES string of the molecule is CCOC(OCC)c1cccc(Br)c1OC. The predicted molar refractivity (Wildman–Crippen MR) is 66.7 cm³/mol. The molecule has 1 aromatic carbocycles. The summed E-state index contributed by atoms with van der Waals surface area (Å²) in [6, 6.07) is 5.81. The second-order valence-electron chi connectivity index (χ2n) is 3.10. The second kappa shape index (κ2) is 6.89. The van der Waals surface area contributed by atoms with Crippen LogP contribution in [0.15, 0.2) is 22.7 Å². The number of ether oxygens (including phenoxy) is 3. The Morgan fingerprint density at radius 1 is 1.19 bits per heavy atom. The first kappa shape index (κ1) is 13.5. The van der Waals surface area contributed by atoms with Gasteiger partial charge in [-0.15, -0.1) is 0 Å². The zero-order valence-corrected chi connectivity index (χ0v) is 11.4. The van der Waals surface area contributed by atoms with Crippen LogP contribution in [0.5, 0.6) is 5.75 Å². The van der Waals surface area contributed by atoms with E-state index in [1.165, 1.54) is 0 Å². The molecule has 16 heavy (non-hydrogen) atoms. The normalized spacial score (nSPS) is 10.8. The van der Waals surface area contributed by atoms with Gasteiger partial charge in [0.25, 0.3) is 0 Å². The summed E-state index contributed by atoms with van der Waals surface area (Å²) in [6.45, 7) is 5.08. The molecule has 0 N–H and O–H groups in total. The molecule has 0 aliphatic heterocycles. The fraction of sp³-hybridized carbons (Fsp3) is 0.500. The highest BCUT2D eigenvalue weighted by Crippen LogP contribution is 2.34. The van der Waals surface area contributed by atoms with Crippen LogP contribution in [0.3, 0.4) is 0 Å². The molecule has 0 heterocycles. The zero-order valence-electron chi connectivity index (χ0n) is 9.83. The maximum Gasteiger partial charge on any atom is 0.187 e. The Bertz CT molecular complexity index is 322. The molecule has 1 aromatic rings. The first-order chi connectivity index (χ1) is 7.74. The van der Waals surface area contributed by atoms with Gasteiger partial charge in [-0.1, -0.05) is 12.1 Å². The second-order valence-corrected chi connectivity index (χ2v) is 3.96. The summed E-state index contributed by atoms with van der Waals surface area (Å²) < 4.78 is 17.3. The van der Waals surface area contributed by atoms with Crippen molar-refractivity contribution < 1.29 is 14.2 Å². The van der Waals surface area contributed by atoms with Crippen molar-refractivity contribution in [3.8, 4) is 5.75 Å². The third kappa shape index (κ3) is 3.20. The van der Waals surface area contributed by atoms with Crippen molar-refractivity contribution in [1.29, 1.82) is 0 Å². The number of hydrogen-bond donors (Lipinski definition) is 0. The Morgan fingerprint density at radius 3 is 2.31 bits per heavy atom. The Kier molecular flexibility index (Phi) is 5.80. The molecule has 4 heteroatoms. The van der Waals surface area contributed by atoms with Crippen LogP contribution in [-0.4, -0.2) is 20.3 Å². The lowest BCUT2D eigenvalue weighted by molar-refractivity contribution is -0.141. The van der Waals surface area contributed by atoms with E-state index in [0.29, 0.717) is 13.2 Å². The minimum atomic E-state index is -0.373. The summed E-state index contributed by atoms with van der Waals surface area (Å²) >= 11 is 3.44. The minimum Gasteiger partial charge on any atom is -0.495 e. The number of hydrogen-bond acceptors (Lipinski definition) is 3. The van der Waals surface area contributed by atoms with Gasteiger partial charge in [0, 0.05) is 13.2 Å². The van der Waals surface area contributed by atoms with Crippen molar-refractivity contribution in [3.05, 3.63) is 28.2 Å².